The van der Waals surface area contributed by atoms with E-state index >= 15 is 0 Å². The van der Waals surface area contributed by atoms with Crippen molar-refractivity contribution in [2.45, 2.75) is 30.7 Å². The van der Waals surface area contributed by atoms with Gasteiger partial charge in [-0.25, -0.2) is 8.42 Å². The third-order valence-electron chi connectivity index (χ3n) is 5.09. The number of benzene rings is 2. The highest BCUT2D eigenvalue weighted by molar-refractivity contribution is 7.89. The minimum atomic E-state index is -3.55. The number of hydrogen-bond donors (Lipinski definition) is 1. The Bertz CT molecular complexity index is 839. The van der Waals surface area contributed by atoms with Crippen LogP contribution in [0.1, 0.15) is 29.7 Å². The first-order valence-electron chi connectivity index (χ1n) is 9.45. The largest absolute Gasteiger partial charge is 0.384 e. The first-order valence-corrected chi connectivity index (χ1v) is 10.9. The zero-order valence-electron chi connectivity index (χ0n) is 16.4. The molecule has 1 saturated heterocycles. The lowest BCUT2D eigenvalue weighted by Gasteiger charge is -2.35. The van der Waals surface area contributed by atoms with E-state index in [0.717, 1.165) is 24.0 Å². The van der Waals surface area contributed by atoms with Crippen molar-refractivity contribution in [1.29, 1.82) is 0 Å². The van der Waals surface area contributed by atoms with E-state index in [-0.39, 0.29) is 18.4 Å². The topological polar surface area (TPSA) is 58.6 Å². The molecule has 0 aliphatic carbocycles. The van der Waals surface area contributed by atoms with Crippen LogP contribution in [0.25, 0.3) is 0 Å². The molecule has 0 radical (unpaired) electrons. The summed E-state index contributed by atoms with van der Waals surface area (Å²) in [4.78, 5) is 0.348. The number of aryl methyl sites for hydroxylation is 1. The van der Waals surface area contributed by atoms with E-state index in [1.54, 1.807) is 23.5 Å². The van der Waals surface area contributed by atoms with Gasteiger partial charge in [0.1, 0.15) is 0 Å². The van der Waals surface area contributed by atoms with Gasteiger partial charge in [0, 0.05) is 26.7 Å². The van der Waals surface area contributed by atoms with E-state index < -0.39 is 10.0 Å². The molecule has 1 unspecified atom stereocenters. The Hall–Kier alpha value is -1.44. The lowest BCUT2D eigenvalue weighted by atomic mass is 10.0. The maximum Gasteiger partial charge on any atom is 0.243 e. The number of ether oxygens (including phenoxy) is 1. The number of nitrogens with one attached hydrogen (secondary N) is 1. The van der Waals surface area contributed by atoms with Crippen molar-refractivity contribution in [3.8, 4) is 0 Å². The van der Waals surface area contributed by atoms with E-state index in [1.165, 1.54) is 5.56 Å². The van der Waals surface area contributed by atoms with Gasteiger partial charge in [-0.05, 0) is 41.7 Å². The molecule has 1 aliphatic rings. The summed E-state index contributed by atoms with van der Waals surface area (Å²) in [6.07, 6.45) is 1.75. The fraction of sp³-hybridized carbons (Fsp3) is 0.429. The molecule has 0 saturated carbocycles. The van der Waals surface area contributed by atoms with Gasteiger partial charge in [-0.2, -0.15) is 4.31 Å². The third-order valence-corrected chi connectivity index (χ3v) is 7.01. The molecule has 1 N–H and O–H groups in total. The summed E-state index contributed by atoms with van der Waals surface area (Å²) in [6.45, 7) is 4.49. The smallest absolute Gasteiger partial charge is 0.243 e. The SMILES string of the molecule is CCc1ccc(C2CNCCN2S(=O)(=O)c2ccc(CCOC)cc2)cc1.Cl. The highest BCUT2D eigenvalue weighted by Gasteiger charge is 2.34. The molecule has 1 fully saturated rings. The van der Waals surface area contributed by atoms with Crippen molar-refractivity contribution in [3.05, 3.63) is 65.2 Å². The minimum absolute atomic E-state index is 0. The van der Waals surface area contributed by atoms with Crippen molar-refractivity contribution in [2.75, 3.05) is 33.4 Å². The minimum Gasteiger partial charge on any atom is -0.384 e. The highest BCUT2D eigenvalue weighted by Crippen LogP contribution is 2.29. The lowest BCUT2D eigenvalue weighted by molar-refractivity contribution is 0.202. The van der Waals surface area contributed by atoms with Crippen molar-refractivity contribution in [1.82, 2.24) is 9.62 Å². The molecule has 1 heterocycles. The molecule has 0 bridgehead atoms. The van der Waals surface area contributed by atoms with Gasteiger partial charge in [0.05, 0.1) is 17.5 Å². The Kier molecular flexibility index (Phi) is 8.46. The fourth-order valence-electron chi connectivity index (χ4n) is 3.42. The Morgan fingerprint density at radius 2 is 1.71 bits per heavy atom. The number of hydrogen-bond acceptors (Lipinski definition) is 4. The normalized spacial score (nSPS) is 17.9. The van der Waals surface area contributed by atoms with Crippen LogP contribution in [0.2, 0.25) is 0 Å². The van der Waals surface area contributed by atoms with Crippen LogP contribution >= 0.6 is 12.4 Å². The summed E-state index contributed by atoms with van der Waals surface area (Å²) < 4.78 is 33.3. The summed E-state index contributed by atoms with van der Waals surface area (Å²) in [6, 6.07) is 15.2. The molecule has 0 amide bonds. The Morgan fingerprint density at radius 3 is 2.32 bits per heavy atom. The second-order valence-electron chi connectivity index (χ2n) is 6.82. The summed E-state index contributed by atoms with van der Waals surface area (Å²) >= 11 is 0. The first-order chi connectivity index (χ1) is 13.1. The Labute approximate surface area is 174 Å². The van der Waals surface area contributed by atoms with Crippen LogP contribution in [-0.4, -0.2) is 46.1 Å². The van der Waals surface area contributed by atoms with Gasteiger partial charge >= 0.3 is 0 Å². The van der Waals surface area contributed by atoms with Crippen LogP contribution in [0.15, 0.2) is 53.4 Å². The second kappa shape index (κ2) is 10.4. The second-order valence-corrected chi connectivity index (χ2v) is 8.71. The number of halogens is 1. The average molecular weight is 425 g/mol. The van der Waals surface area contributed by atoms with Crippen LogP contribution in [0.3, 0.4) is 0 Å². The van der Waals surface area contributed by atoms with E-state index in [4.69, 9.17) is 4.74 Å². The molecular weight excluding hydrogens is 396 g/mol. The molecule has 0 spiro atoms. The van der Waals surface area contributed by atoms with Crippen LogP contribution in [0.4, 0.5) is 0 Å². The number of sulfonamides is 1. The molecule has 7 heteroatoms. The fourth-order valence-corrected chi connectivity index (χ4v) is 5.03. The van der Waals surface area contributed by atoms with Crippen molar-refractivity contribution < 1.29 is 13.2 Å². The molecule has 2 aromatic carbocycles. The zero-order chi connectivity index (χ0) is 19.3. The molecule has 28 heavy (non-hydrogen) atoms. The summed E-state index contributed by atoms with van der Waals surface area (Å²) in [5.41, 5.74) is 3.35. The number of rotatable bonds is 7. The Morgan fingerprint density at radius 1 is 1.07 bits per heavy atom. The Balaban J connectivity index is 0.00000280. The monoisotopic (exact) mass is 424 g/mol. The van der Waals surface area contributed by atoms with Gasteiger partial charge in [0.2, 0.25) is 10.0 Å². The molecule has 154 valence electrons. The maximum atomic E-state index is 13.3. The van der Waals surface area contributed by atoms with Gasteiger partial charge < -0.3 is 10.1 Å². The van der Waals surface area contributed by atoms with Gasteiger partial charge in [0.25, 0.3) is 0 Å². The van der Waals surface area contributed by atoms with Crippen LogP contribution < -0.4 is 5.32 Å². The summed E-state index contributed by atoms with van der Waals surface area (Å²) in [7, 11) is -1.89. The maximum absolute atomic E-state index is 13.3. The van der Waals surface area contributed by atoms with Crippen LogP contribution in [0, 0.1) is 0 Å². The van der Waals surface area contributed by atoms with Gasteiger partial charge in [-0.15, -0.1) is 12.4 Å². The van der Waals surface area contributed by atoms with Crippen molar-refractivity contribution >= 4 is 22.4 Å². The van der Waals surface area contributed by atoms with E-state index in [0.29, 0.717) is 31.1 Å². The molecule has 2 aromatic rings. The summed E-state index contributed by atoms with van der Waals surface area (Å²) in [5.74, 6) is 0. The van der Waals surface area contributed by atoms with Gasteiger partial charge in [0.15, 0.2) is 0 Å². The average Bonchev–Trinajstić information content (AvgIpc) is 2.72. The van der Waals surface area contributed by atoms with Crippen LogP contribution in [-0.2, 0) is 27.6 Å². The predicted octanol–water partition coefficient (Wildman–Crippen LogP) is 3.19. The molecule has 0 aromatic heterocycles. The van der Waals surface area contributed by atoms with Crippen molar-refractivity contribution in [3.63, 3.8) is 0 Å². The van der Waals surface area contributed by atoms with Crippen LogP contribution in [0.5, 0.6) is 0 Å². The van der Waals surface area contributed by atoms with E-state index in [2.05, 4.69) is 24.4 Å². The number of methoxy groups -OCH3 is 1. The standard InChI is InChI=1S/C21H28N2O3S.ClH/c1-3-17-4-8-19(9-5-17)21-16-22-13-14-23(21)27(24,25)20-10-6-18(7-11-20)12-15-26-2;/h4-11,21-22H,3,12-16H2,1-2H3;1H. The van der Waals surface area contributed by atoms with Crippen molar-refractivity contribution in [2.24, 2.45) is 0 Å². The number of nitrogens with zero attached hydrogens (tertiary/aromatic N) is 1. The molecule has 5 nitrogen and oxygen atoms in total. The molecule has 3 rings (SSSR count). The third kappa shape index (κ3) is 5.13. The summed E-state index contributed by atoms with van der Waals surface area (Å²) in [5, 5.41) is 3.33. The van der Waals surface area contributed by atoms with Gasteiger partial charge in [-0.1, -0.05) is 43.3 Å². The van der Waals surface area contributed by atoms with Gasteiger partial charge in [-0.3, -0.25) is 0 Å². The quantitative estimate of drug-likeness (QED) is 0.741. The molecular formula is C21H29ClN2O3S. The first kappa shape index (κ1) is 22.8. The lowest BCUT2D eigenvalue weighted by Crippen LogP contribution is -2.48. The zero-order valence-corrected chi connectivity index (χ0v) is 18.1. The van der Waals surface area contributed by atoms with E-state index in [9.17, 15) is 8.42 Å². The molecule has 1 aliphatic heterocycles. The van der Waals surface area contributed by atoms with E-state index in [1.807, 2.05) is 24.3 Å². The predicted molar refractivity (Wildman–Crippen MR) is 115 cm³/mol. The number of piperazine rings is 1. The molecule has 1 atom stereocenters. The highest BCUT2D eigenvalue weighted by atomic mass is 35.5.